The number of carbonyl (C=O) groups is 2. The first-order chi connectivity index (χ1) is 15.0. The number of sulfonamides is 1. The van der Waals surface area contributed by atoms with Gasteiger partial charge in [0.1, 0.15) is 5.75 Å². The zero-order valence-corrected chi connectivity index (χ0v) is 19.3. The van der Waals surface area contributed by atoms with Gasteiger partial charge in [-0.25, -0.2) is 13.1 Å². The molecule has 1 aliphatic heterocycles. The van der Waals surface area contributed by atoms with Gasteiger partial charge in [-0.2, -0.15) is 0 Å². The number of hydrogen-bond donors (Lipinski definition) is 2. The van der Waals surface area contributed by atoms with Crippen LogP contribution in [0.3, 0.4) is 0 Å². The summed E-state index contributed by atoms with van der Waals surface area (Å²) in [5.41, 5.74) is 1.98. The van der Waals surface area contributed by atoms with E-state index in [-0.39, 0.29) is 22.9 Å². The Morgan fingerprint density at radius 1 is 1.19 bits per heavy atom. The number of aliphatic carboxylic acids is 1. The molecule has 172 valence electrons. The van der Waals surface area contributed by atoms with Crippen LogP contribution < -0.4 is 14.4 Å². The molecule has 1 heterocycles. The number of carboxylic acids is 1. The molecule has 8 nitrogen and oxygen atoms in total. The zero-order chi connectivity index (χ0) is 23.6. The third kappa shape index (κ3) is 5.28. The van der Waals surface area contributed by atoms with Crippen LogP contribution in [0.25, 0.3) is 0 Å². The third-order valence-corrected chi connectivity index (χ3v) is 6.72. The highest BCUT2D eigenvalue weighted by Gasteiger charge is 2.31. The fraction of sp³-hybridized carbons (Fsp3) is 0.391. The fourth-order valence-electron chi connectivity index (χ4n) is 3.96. The maximum absolute atomic E-state index is 13.1. The van der Waals surface area contributed by atoms with E-state index in [2.05, 4.69) is 4.72 Å². The Kier molecular flexibility index (Phi) is 6.90. The molecule has 3 rings (SSSR count). The van der Waals surface area contributed by atoms with Crippen molar-refractivity contribution >= 4 is 27.6 Å². The van der Waals surface area contributed by atoms with Gasteiger partial charge in [0, 0.05) is 18.7 Å². The molecule has 2 aromatic rings. The molecule has 0 saturated heterocycles. The number of nitrogens with one attached hydrogen (secondary N) is 1. The molecule has 0 saturated carbocycles. The van der Waals surface area contributed by atoms with Crippen molar-refractivity contribution in [1.29, 1.82) is 0 Å². The van der Waals surface area contributed by atoms with E-state index in [1.54, 1.807) is 41.3 Å². The lowest BCUT2D eigenvalue weighted by Crippen LogP contribution is -2.33. The average Bonchev–Trinajstić information content (AvgIpc) is 3.02. The lowest BCUT2D eigenvalue weighted by Gasteiger charge is -2.21. The molecule has 0 aromatic heterocycles. The Bertz CT molecular complexity index is 1110. The van der Waals surface area contributed by atoms with Crippen molar-refractivity contribution in [2.75, 3.05) is 4.90 Å². The number of carbonyl (C=O) groups excluding carboxylic acids is 1. The summed E-state index contributed by atoms with van der Waals surface area (Å²) in [5, 5.41) is 9.33. The van der Waals surface area contributed by atoms with Crippen molar-refractivity contribution in [3.05, 3.63) is 53.6 Å². The first kappa shape index (κ1) is 23.7. The number of nitrogens with zero attached hydrogens (tertiary/aromatic N) is 1. The summed E-state index contributed by atoms with van der Waals surface area (Å²) in [6, 6.07) is 10.3. The molecule has 0 bridgehead atoms. The van der Waals surface area contributed by atoms with Gasteiger partial charge in [-0.1, -0.05) is 12.1 Å². The second-order valence-electron chi connectivity index (χ2n) is 8.24. The SMILES string of the molecule is CC(=O)N1c2ccc(S(=O)(=O)N[C@H](CC(=O)O)c3ccc(OC(C)C)cc3)cc2C[C@H]1C. The van der Waals surface area contributed by atoms with Crippen LogP contribution in [0.15, 0.2) is 47.4 Å². The topological polar surface area (TPSA) is 113 Å². The highest BCUT2D eigenvalue weighted by Crippen LogP contribution is 2.34. The molecular formula is C23H28N2O6S. The Labute approximate surface area is 188 Å². The molecule has 9 heteroatoms. The highest BCUT2D eigenvalue weighted by atomic mass is 32.2. The molecule has 0 spiro atoms. The van der Waals surface area contributed by atoms with E-state index in [9.17, 15) is 23.1 Å². The summed E-state index contributed by atoms with van der Waals surface area (Å²) in [6.45, 7) is 7.17. The minimum absolute atomic E-state index is 0.0179. The second kappa shape index (κ2) is 9.30. The molecule has 0 radical (unpaired) electrons. The van der Waals surface area contributed by atoms with Crippen molar-refractivity contribution in [1.82, 2.24) is 4.72 Å². The van der Waals surface area contributed by atoms with Crippen LogP contribution in [0.4, 0.5) is 5.69 Å². The smallest absolute Gasteiger partial charge is 0.305 e. The van der Waals surface area contributed by atoms with Gasteiger partial charge >= 0.3 is 5.97 Å². The Balaban J connectivity index is 1.87. The van der Waals surface area contributed by atoms with Gasteiger partial charge in [-0.15, -0.1) is 0 Å². The van der Waals surface area contributed by atoms with E-state index >= 15 is 0 Å². The Morgan fingerprint density at radius 2 is 1.84 bits per heavy atom. The van der Waals surface area contributed by atoms with Crippen LogP contribution >= 0.6 is 0 Å². The van der Waals surface area contributed by atoms with Crippen molar-refractivity contribution < 1.29 is 27.9 Å². The molecule has 1 aliphatic rings. The summed E-state index contributed by atoms with van der Waals surface area (Å²) in [5.74, 6) is -0.611. The predicted octanol–water partition coefficient (Wildman–Crippen LogP) is 3.27. The summed E-state index contributed by atoms with van der Waals surface area (Å²) in [4.78, 5) is 25.0. The van der Waals surface area contributed by atoms with Crippen molar-refractivity contribution in [3.63, 3.8) is 0 Å². The van der Waals surface area contributed by atoms with Crippen LogP contribution in [0.1, 0.15) is 51.3 Å². The number of fused-ring (bicyclic) bond motifs is 1. The van der Waals surface area contributed by atoms with Crippen LogP contribution in [0.5, 0.6) is 5.75 Å². The molecule has 1 amide bonds. The van der Waals surface area contributed by atoms with Gasteiger partial charge in [0.2, 0.25) is 15.9 Å². The summed E-state index contributed by atoms with van der Waals surface area (Å²) in [6.07, 6.45) is 0.119. The lowest BCUT2D eigenvalue weighted by atomic mass is 10.0. The van der Waals surface area contributed by atoms with E-state index in [0.717, 1.165) is 5.56 Å². The van der Waals surface area contributed by atoms with Crippen molar-refractivity contribution in [2.24, 2.45) is 0 Å². The minimum Gasteiger partial charge on any atom is -0.491 e. The van der Waals surface area contributed by atoms with E-state index in [0.29, 0.717) is 23.4 Å². The van der Waals surface area contributed by atoms with Gasteiger partial charge in [0.15, 0.2) is 0 Å². The number of ether oxygens (including phenoxy) is 1. The Hall–Kier alpha value is -2.91. The van der Waals surface area contributed by atoms with Gasteiger partial charge < -0.3 is 14.7 Å². The molecule has 0 fully saturated rings. The first-order valence-corrected chi connectivity index (χ1v) is 11.9. The van der Waals surface area contributed by atoms with Crippen molar-refractivity contribution in [3.8, 4) is 5.75 Å². The molecule has 32 heavy (non-hydrogen) atoms. The zero-order valence-electron chi connectivity index (χ0n) is 18.5. The fourth-order valence-corrected chi connectivity index (χ4v) is 5.24. The van der Waals surface area contributed by atoms with Crippen LogP contribution in [-0.2, 0) is 26.0 Å². The lowest BCUT2D eigenvalue weighted by molar-refractivity contribution is -0.137. The minimum atomic E-state index is -4.01. The molecule has 2 N–H and O–H groups in total. The van der Waals surface area contributed by atoms with Crippen LogP contribution in [0.2, 0.25) is 0 Å². The standard InChI is InChI=1S/C23H28N2O6S/c1-14(2)31-19-7-5-17(6-8-19)21(13-23(27)28)24-32(29,30)20-9-10-22-18(12-20)11-15(3)25(22)16(4)26/h5-10,12,14-15,21,24H,11,13H2,1-4H3,(H,27,28)/t15-,21-/m1/s1. The number of anilines is 1. The maximum atomic E-state index is 13.1. The number of amides is 1. The Morgan fingerprint density at radius 3 is 2.41 bits per heavy atom. The van der Waals surface area contributed by atoms with Crippen LogP contribution in [0, 0.1) is 0 Å². The summed E-state index contributed by atoms with van der Waals surface area (Å²) < 4.78 is 34.3. The number of rotatable bonds is 8. The second-order valence-corrected chi connectivity index (χ2v) is 9.95. The van der Waals surface area contributed by atoms with E-state index in [1.165, 1.54) is 13.0 Å². The summed E-state index contributed by atoms with van der Waals surface area (Å²) in [7, 11) is -4.01. The van der Waals surface area contributed by atoms with E-state index in [4.69, 9.17) is 4.74 Å². The van der Waals surface area contributed by atoms with Gasteiger partial charge in [-0.05, 0) is 68.7 Å². The third-order valence-electron chi connectivity index (χ3n) is 5.25. The molecular weight excluding hydrogens is 432 g/mol. The normalized spacial score (nSPS) is 16.7. The molecule has 0 unspecified atom stereocenters. The highest BCUT2D eigenvalue weighted by molar-refractivity contribution is 7.89. The maximum Gasteiger partial charge on any atom is 0.305 e. The monoisotopic (exact) mass is 460 g/mol. The summed E-state index contributed by atoms with van der Waals surface area (Å²) >= 11 is 0. The van der Waals surface area contributed by atoms with Crippen LogP contribution in [-0.4, -0.2) is 37.5 Å². The first-order valence-electron chi connectivity index (χ1n) is 10.4. The largest absolute Gasteiger partial charge is 0.491 e. The van der Waals surface area contributed by atoms with Gasteiger partial charge in [0.05, 0.1) is 23.5 Å². The number of hydrogen-bond acceptors (Lipinski definition) is 5. The van der Waals surface area contributed by atoms with Crippen molar-refractivity contribution in [2.45, 2.75) is 63.6 Å². The van der Waals surface area contributed by atoms with Gasteiger partial charge in [0.25, 0.3) is 0 Å². The van der Waals surface area contributed by atoms with Gasteiger partial charge in [-0.3, -0.25) is 9.59 Å². The number of benzene rings is 2. The quantitative estimate of drug-likeness (QED) is 0.625. The van der Waals surface area contributed by atoms with E-state index < -0.39 is 28.5 Å². The number of carboxylic acid groups (broad SMARTS) is 1. The predicted molar refractivity (Wildman–Crippen MR) is 120 cm³/mol. The molecule has 0 aliphatic carbocycles. The molecule has 2 aromatic carbocycles. The van der Waals surface area contributed by atoms with E-state index in [1.807, 2.05) is 20.8 Å². The average molecular weight is 461 g/mol. The molecule has 2 atom stereocenters.